The van der Waals surface area contributed by atoms with Gasteiger partial charge in [-0.15, -0.1) is 0 Å². The molecule has 3 aromatic rings. The number of hydrogen-bond donors (Lipinski definition) is 1. The number of nitrogens with zero attached hydrogens (tertiary/aromatic N) is 6. The van der Waals surface area contributed by atoms with Crippen molar-refractivity contribution < 1.29 is 18.0 Å². The summed E-state index contributed by atoms with van der Waals surface area (Å²) >= 11 is 0. The molecule has 0 fully saturated rings. The molecule has 0 aliphatic heterocycles. The number of anilines is 1. The second-order valence-corrected chi connectivity index (χ2v) is 6.96. The molecule has 2 heterocycles. The summed E-state index contributed by atoms with van der Waals surface area (Å²) in [6.07, 6.45) is 4.96. The maximum Gasteiger partial charge on any atom is 0.273 e. The monoisotopic (exact) mass is 433 g/mol. The second kappa shape index (κ2) is 9.11. The van der Waals surface area contributed by atoms with E-state index in [1.54, 1.807) is 19.9 Å². The first-order valence-corrected chi connectivity index (χ1v) is 9.62. The van der Waals surface area contributed by atoms with Crippen molar-refractivity contribution in [1.29, 1.82) is 0 Å². The summed E-state index contributed by atoms with van der Waals surface area (Å²) in [6, 6.07) is 3.86. The molecule has 1 aromatic carbocycles. The van der Waals surface area contributed by atoms with Crippen molar-refractivity contribution in [1.82, 2.24) is 29.9 Å². The van der Waals surface area contributed by atoms with Gasteiger partial charge in [0.2, 0.25) is 5.95 Å². The smallest absolute Gasteiger partial charge is 0.273 e. The van der Waals surface area contributed by atoms with E-state index in [1.807, 2.05) is 0 Å². The molecule has 31 heavy (non-hydrogen) atoms. The number of alkyl halides is 2. The lowest BCUT2D eigenvalue weighted by Crippen LogP contribution is -2.43. The number of hydrogen-bond acceptors (Lipinski definition) is 6. The first-order chi connectivity index (χ1) is 14.7. The third kappa shape index (κ3) is 4.98. The molecule has 3 rings (SSSR count). The highest BCUT2D eigenvalue weighted by Gasteiger charge is 2.27. The molecular formula is C20H22F3N7O. The van der Waals surface area contributed by atoms with Gasteiger partial charge in [-0.25, -0.2) is 23.1 Å². The molecule has 1 amide bonds. The number of rotatable bonds is 8. The Morgan fingerprint density at radius 1 is 1.23 bits per heavy atom. The number of benzene rings is 1. The minimum atomic E-state index is -3.03. The third-order valence-corrected chi connectivity index (χ3v) is 4.69. The van der Waals surface area contributed by atoms with Crippen LogP contribution in [0.5, 0.6) is 0 Å². The Kier molecular flexibility index (Phi) is 6.52. The van der Waals surface area contributed by atoms with E-state index in [-0.39, 0.29) is 35.3 Å². The van der Waals surface area contributed by atoms with E-state index in [9.17, 15) is 18.0 Å². The highest BCUT2D eigenvalue weighted by atomic mass is 19.3. The Labute approximate surface area is 177 Å². The van der Waals surface area contributed by atoms with Gasteiger partial charge < -0.3 is 10.2 Å². The fourth-order valence-corrected chi connectivity index (χ4v) is 3.03. The number of halogens is 3. The van der Waals surface area contributed by atoms with Gasteiger partial charge in [-0.2, -0.15) is 15.0 Å². The minimum absolute atomic E-state index is 0.141. The fourth-order valence-electron chi connectivity index (χ4n) is 3.03. The van der Waals surface area contributed by atoms with Gasteiger partial charge in [-0.3, -0.25) is 4.79 Å². The quantitative estimate of drug-likeness (QED) is 0.587. The highest BCUT2D eigenvalue weighted by molar-refractivity contribution is 5.98. The number of carbonyl (C=O) groups excluding carboxylic acids is 1. The van der Waals surface area contributed by atoms with Crippen LogP contribution in [-0.2, 0) is 5.92 Å². The van der Waals surface area contributed by atoms with Crippen LogP contribution in [0, 0.1) is 5.82 Å². The van der Waals surface area contributed by atoms with Crippen LogP contribution in [0.4, 0.5) is 19.1 Å². The molecular weight excluding hydrogens is 411 g/mol. The molecule has 0 saturated carbocycles. The predicted molar refractivity (Wildman–Crippen MR) is 108 cm³/mol. The van der Waals surface area contributed by atoms with Gasteiger partial charge in [0.05, 0.1) is 18.0 Å². The zero-order valence-corrected chi connectivity index (χ0v) is 17.3. The Morgan fingerprint density at radius 3 is 2.45 bits per heavy atom. The largest absolute Gasteiger partial charge is 0.352 e. The van der Waals surface area contributed by atoms with Crippen molar-refractivity contribution in [2.24, 2.45) is 0 Å². The van der Waals surface area contributed by atoms with E-state index in [0.717, 1.165) is 19.3 Å². The summed E-state index contributed by atoms with van der Waals surface area (Å²) in [4.78, 5) is 23.6. The Bertz CT molecular complexity index is 1020. The number of amides is 1. The molecule has 8 nitrogen and oxygen atoms in total. The minimum Gasteiger partial charge on any atom is -0.352 e. The number of likely N-dealkylation sites (N-methyl/N-ethyl adjacent to an activating group) is 1. The number of carbonyl (C=O) groups is 1. The molecule has 11 heteroatoms. The topological polar surface area (TPSA) is 88.8 Å². The van der Waals surface area contributed by atoms with Crippen LogP contribution in [0.15, 0.2) is 43.0 Å². The predicted octanol–water partition coefficient (Wildman–Crippen LogP) is 3.27. The van der Waals surface area contributed by atoms with Gasteiger partial charge in [0.15, 0.2) is 0 Å². The van der Waals surface area contributed by atoms with Crippen LogP contribution in [0.1, 0.15) is 36.7 Å². The Morgan fingerprint density at radius 2 is 1.87 bits per heavy atom. The Balaban J connectivity index is 1.76. The van der Waals surface area contributed by atoms with Crippen LogP contribution < -0.4 is 5.32 Å². The maximum atomic E-state index is 14.6. The van der Waals surface area contributed by atoms with Crippen LogP contribution >= 0.6 is 0 Å². The standard InChI is InChI=1S/C20H22F3N7O/c1-4-29(13(2)10-24-19-25-11-14(12-26-19)20(3,22)23)18(31)17-15(21)6-5-7-16(17)30-27-8-9-28-30/h5-9,11-13H,4,10H2,1-3H3,(H,24,25,26)/t13-/m0/s1. The second-order valence-electron chi connectivity index (χ2n) is 6.96. The van der Waals surface area contributed by atoms with Gasteiger partial charge >= 0.3 is 0 Å². The van der Waals surface area contributed by atoms with Gasteiger partial charge in [-0.1, -0.05) is 6.07 Å². The van der Waals surface area contributed by atoms with E-state index in [2.05, 4.69) is 25.5 Å². The van der Waals surface area contributed by atoms with E-state index in [0.29, 0.717) is 6.54 Å². The lowest BCUT2D eigenvalue weighted by atomic mass is 10.1. The van der Waals surface area contributed by atoms with Crippen LogP contribution in [0.2, 0.25) is 0 Å². The number of aromatic nitrogens is 5. The summed E-state index contributed by atoms with van der Waals surface area (Å²) in [5.41, 5.74) is -0.207. The molecule has 0 saturated heterocycles. The molecule has 0 radical (unpaired) electrons. The lowest BCUT2D eigenvalue weighted by molar-refractivity contribution is 0.0167. The molecule has 1 N–H and O–H groups in total. The van der Waals surface area contributed by atoms with Crippen molar-refractivity contribution in [2.45, 2.75) is 32.7 Å². The first kappa shape index (κ1) is 22.2. The summed E-state index contributed by atoms with van der Waals surface area (Å²) in [6.45, 7) is 4.85. The average molecular weight is 433 g/mol. The molecule has 0 aliphatic carbocycles. The lowest BCUT2D eigenvalue weighted by Gasteiger charge is -2.29. The maximum absolute atomic E-state index is 14.6. The molecule has 1 atom stereocenters. The summed E-state index contributed by atoms with van der Waals surface area (Å²) in [7, 11) is 0. The van der Waals surface area contributed by atoms with Crippen LogP contribution in [0.25, 0.3) is 5.69 Å². The van der Waals surface area contributed by atoms with Gasteiger partial charge in [0, 0.05) is 38.4 Å². The van der Waals surface area contributed by atoms with Crippen LogP contribution in [0.3, 0.4) is 0 Å². The van der Waals surface area contributed by atoms with E-state index in [1.165, 1.54) is 34.2 Å². The summed E-state index contributed by atoms with van der Waals surface area (Å²) < 4.78 is 41.2. The van der Waals surface area contributed by atoms with Gasteiger partial charge in [-0.05, 0) is 26.0 Å². The average Bonchev–Trinajstić information content (AvgIpc) is 3.27. The van der Waals surface area contributed by atoms with Crippen molar-refractivity contribution in [2.75, 3.05) is 18.4 Å². The summed E-state index contributed by atoms with van der Waals surface area (Å²) in [5.74, 6) is -4.09. The number of nitrogens with one attached hydrogen (secondary N) is 1. The zero-order valence-electron chi connectivity index (χ0n) is 17.3. The van der Waals surface area contributed by atoms with Gasteiger partial charge in [0.1, 0.15) is 17.1 Å². The third-order valence-electron chi connectivity index (χ3n) is 4.69. The van der Waals surface area contributed by atoms with Gasteiger partial charge in [0.25, 0.3) is 11.8 Å². The molecule has 0 bridgehead atoms. The molecule has 0 spiro atoms. The van der Waals surface area contributed by atoms with Crippen molar-refractivity contribution in [3.8, 4) is 5.69 Å². The van der Waals surface area contributed by atoms with E-state index in [4.69, 9.17) is 0 Å². The molecule has 2 aromatic heterocycles. The van der Waals surface area contributed by atoms with Crippen molar-refractivity contribution >= 4 is 11.9 Å². The van der Waals surface area contributed by atoms with Crippen molar-refractivity contribution in [3.63, 3.8) is 0 Å². The zero-order chi connectivity index (χ0) is 22.6. The van der Waals surface area contributed by atoms with Crippen LogP contribution in [-0.4, -0.2) is 54.9 Å². The summed E-state index contributed by atoms with van der Waals surface area (Å²) in [5, 5.41) is 10.9. The molecule has 164 valence electrons. The normalized spacial score (nSPS) is 12.5. The first-order valence-electron chi connectivity index (χ1n) is 9.62. The van der Waals surface area contributed by atoms with Crippen molar-refractivity contribution in [3.05, 3.63) is 59.9 Å². The van der Waals surface area contributed by atoms with E-state index < -0.39 is 17.6 Å². The Hall–Kier alpha value is -3.50. The molecule has 0 unspecified atom stereocenters. The SMILES string of the molecule is CCN(C(=O)c1c(F)cccc1-n1nccn1)[C@@H](C)CNc1ncc(C(C)(F)F)cn1. The molecule has 0 aliphatic rings. The fraction of sp³-hybridized carbons (Fsp3) is 0.350. The van der Waals surface area contributed by atoms with E-state index >= 15 is 0 Å². The highest BCUT2D eigenvalue weighted by Crippen LogP contribution is 2.25.